The molecule has 0 aliphatic rings. The number of hydrogen-bond donors (Lipinski definition) is 1. The molecule has 0 atom stereocenters. The molecule has 0 radical (unpaired) electrons. The van der Waals surface area contributed by atoms with Gasteiger partial charge in [0.1, 0.15) is 0 Å². The Bertz CT molecular complexity index is 604. The van der Waals surface area contributed by atoms with E-state index in [0.29, 0.717) is 4.90 Å². The van der Waals surface area contributed by atoms with Crippen LogP contribution in [-0.2, 0) is 16.4 Å². The molecule has 0 spiro atoms. The molecule has 1 N–H and O–H groups in total. The first-order valence-corrected chi connectivity index (χ1v) is 7.16. The van der Waals surface area contributed by atoms with Gasteiger partial charge in [-0.3, -0.25) is 0 Å². The zero-order chi connectivity index (χ0) is 13.0. The van der Waals surface area contributed by atoms with Gasteiger partial charge in [-0.1, -0.05) is 42.5 Å². The molecule has 2 aromatic carbocycles. The molecule has 0 heterocycles. The zero-order valence-corrected chi connectivity index (χ0v) is 10.9. The van der Waals surface area contributed by atoms with Gasteiger partial charge in [0, 0.05) is 0 Å². The first kappa shape index (κ1) is 12.8. The maximum absolute atomic E-state index is 11.6. The van der Waals surface area contributed by atoms with Crippen molar-refractivity contribution in [3.8, 4) is 0 Å². The Kier molecular flexibility index (Phi) is 3.79. The van der Waals surface area contributed by atoms with E-state index in [9.17, 15) is 8.42 Å². The largest absolute Gasteiger partial charge is 0.240 e. The predicted octanol–water partition coefficient (Wildman–Crippen LogP) is 2.19. The Morgan fingerprint density at radius 1 is 0.889 bits per heavy atom. The summed E-state index contributed by atoms with van der Waals surface area (Å²) in [5, 5.41) is 0. The van der Waals surface area contributed by atoms with E-state index in [-0.39, 0.29) is 0 Å². The second-order valence-corrected chi connectivity index (χ2v) is 5.90. The molecule has 0 unspecified atom stereocenters. The molecular formula is C14H15NO2S. The van der Waals surface area contributed by atoms with Gasteiger partial charge in [0.2, 0.25) is 10.0 Å². The molecule has 2 rings (SSSR count). The van der Waals surface area contributed by atoms with Gasteiger partial charge in [0.05, 0.1) is 4.90 Å². The van der Waals surface area contributed by atoms with Gasteiger partial charge in [-0.25, -0.2) is 13.1 Å². The fourth-order valence-electron chi connectivity index (χ4n) is 1.74. The summed E-state index contributed by atoms with van der Waals surface area (Å²) >= 11 is 0. The molecule has 0 fully saturated rings. The van der Waals surface area contributed by atoms with Crippen LogP contribution in [0.4, 0.5) is 0 Å². The molecular weight excluding hydrogens is 246 g/mol. The van der Waals surface area contributed by atoms with E-state index >= 15 is 0 Å². The molecule has 0 aliphatic heterocycles. The smallest absolute Gasteiger partial charge is 0.214 e. The fourth-order valence-corrected chi connectivity index (χ4v) is 2.47. The number of nitrogens with one attached hydrogen (secondary N) is 1. The lowest BCUT2D eigenvalue weighted by Gasteiger charge is -2.05. The molecule has 4 heteroatoms. The normalized spacial score (nSPS) is 11.4. The highest BCUT2D eigenvalue weighted by molar-refractivity contribution is 7.89. The molecule has 0 amide bonds. The second-order valence-electron chi connectivity index (χ2n) is 4.01. The molecule has 18 heavy (non-hydrogen) atoms. The minimum absolute atomic E-state index is 0.293. The molecule has 94 valence electrons. The third kappa shape index (κ3) is 2.97. The third-order valence-electron chi connectivity index (χ3n) is 2.75. The van der Waals surface area contributed by atoms with Gasteiger partial charge in [-0.05, 0) is 36.7 Å². The van der Waals surface area contributed by atoms with E-state index < -0.39 is 10.0 Å². The standard InChI is InChI=1S/C14H15NO2S/c1-15-18(16,17)14-9-7-13(8-10-14)11-12-5-3-2-4-6-12/h2-10,15H,11H2,1H3. The summed E-state index contributed by atoms with van der Waals surface area (Å²) in [5.74, 6) is 0. The van der Waals surface area contributed by atoms with E-state index in [0.717, 1.165) is 12.0 Å². The van der Waals surface area contributed by atoms with Crippen molar-refractivity contribution in [3.05, 3.63) is 65.7 Å². The van der Waals surface area contributed by atoms with Crippen molar-refractivity contribution in [2.45, 2.75) is 11.3 Å². The van der Waals surface area contributed by atoms with Crippen molar-refractivity contribution < 1.29 is 8.42 Å². The van der Waals surface area contributed by atoms with Crippen LogP contribution in [0.2, 0.25) is 0 Å². The average molecular weight is 261 g/mol. The van der Waals surface area contributed by atoms with Crippen molar-refractivity contribution in [2.75, 3.05) is 7.05 Å². The van der Waals surface area contributed by atoms with Crippen molar-refractivity contribution in [3.63, 3.8) is 0 Å². The highest BCUT2D eigenvalue weighted by Crippen LogP contribution is 2.13. The van der Waals surface area contributed by atoms with Crippen molar-refractivity contribution in [1.29, 1.82) is 0 Å². The fraction of sp³-hybridized carbons (Fsp3) is 0.143. The van der Waals surface area contributed by atoms with E-state index in [2.05, 4.69) is 16.9 Å². The molecule has 0 saturated heterocycles. The molecule has 3 nitrogen and oxygen atoms in total. The highest BCUT2D eigenvalue weighted by Gasteiger charge is 2.10. The second kappa shape index (κ2) is 5.33. The van der Waals surface area contributed by atoms with Crippen LogP contribution in [0.1, 0.15) is 11.1 Å². The first-order chi connectivity index (χ1) is 8.62. The molecule has 0 aromatic heterocycles. The van der Waals surface area contributed by atoms with Gasteiger partial charge in [0.25, 0.3) is 0 Å². The summed E-state index contributed by atoms with van der Waals surface area (Å²) in [4.78, 5) is 0.293. The molecule has 0 aliphatic carbocycles. The molecule has 2 aromatic rings. The Labute approximate surface area is 108 Å². The average Bonchev–Trinajstić information content (AvgIpc) is 2.40. The van der Waals surface area contributed by atoms with Gasteiger partial charge in [0.15, 0.2) is 0 Å². The minimum atomic E-state index is -3.34. The van der Waals surface area contributed by atoms with Crippen LogP contribution in [0.15, 0.2) is 59.5 Å². The van der Waals surface area contributed by atoms with Gasteiger partial charge in [-0.15, -0.1) is 0 Å². The van der Waals surface area contributed by atoms with Crippen LogP contribution in [0.3, 0.4) is 0 Å². The Hall–Kier alpha value is -1.65. The maximum atomic E-state index is 11.6. The van der Waals surface area contributed by atoms with E-state index in [4.69, 9.17) is 0 Å². The number of rotatable bonds is 4. The van der Waals surface area contributed by atoms with Gasteiger partial charge >= 0.3 is 0 Å². The van der Waals surface area contributed by atoms with Crippen molar-refractivity contribution in [1.82, 2.24) is 4.72 Å². The van der Waals surface area contributed by atoms with Crippen LogP contribution in [0, 0.1) is 0 Å². The van der Waals surface area contributed by atoms with E-state index in [1.807, 2.05) is 30.3 Å². The number of hydrogen-bond acceptors (Lipinski definition) is 2. The highest BCUT2D eigenvalue weighted by atomic mass is 32.2. The summed E-state index contributed by atoms with van der Waals surface area (Å²) < 4.78 is 25.4. The minimum Gasteiger partial charge on any atom is -0.214 e. The van der Waals surface area contributed by atoms with Crippen LogP contribution in [-0.4, -0.2) is 15.5 Å². The SMILES string of the molecule is CNS(=O)(=O)c1ccc(Cc2ccccc2)cc1. The summed E-state index contributed by atoms with van der Waals surface area (Å²) in [6, 6.07) is 17.0. The lowest BCUT2D eigenvalue weighted by atomic mass is 10.1. The Balaban J connectivity index is 2.19. The summed E-state index contributed by atoms with van der Waals surface area (Å²) in [6.07, 6.45) is 0.806. The number of benzene rings is 2. The van der Waals surface area contributed by atoms with E-state index in [1.54, 1.807) is 12.1 Å². The number of sulfonamides is 1. The van der Waals surface area contributed by atoms with Crippen LogP contribution in [0.25, 0.3) is 0 Å². The topological polar surface area (TPSA) is 46.2 Å². The van der Waals surface area contributed by atoms with Crippen LogP contribution in [0.5, 0.6) is 0 Å². The van der Waals surface area contributed by atoms with Crippen LogP contribution >= 0.6 is 0 Å². The maximum Gasteiger partial charge on any atom is 0.240 e. The lowest BCUT2D eigenvalue weighted by Crippen LogP contribution is -2.18. The van der Waals surface area contributed by atoms with Gasteiger partial charge in [-0.2, -0.15) is 0 Å². The Morgan fingerprint density at radius 3 is 2.00 bits per heavy atom. The lowest BCUT2D eigenvalue weighted by molar-refractivity contribution is 0.588. The summed E-state index contributed by atoms with van der Waals surface area (Å²) in [7, 11) is -1.93. The predicted molar refractivity (Wildman–Crippen MR) is 71.9 cm³/mol. The molecule has 0 bridgehead atoms. The third-order valence-corrected chi connectivity index (χ3v) is 4.18. The monoisotopic (exact) mass is 261 g/mol. The Morgan fingerprint density at radius 2 is 1.44 bits per heavy atom. The van der Waals surface area contributed by atoms with E-state index in [1.165, 1.54) is 12.6 Å². The first-order valence-electron chi connectivity index (χ1n) is 5.68. The van der Waals surface area contributed by atoms with Crippen molar-refractivity contribution in [2.24, 2.45) is 0 Å². The zero-order valence-electron chi connectivity index (χ0n) is 10.1. The quantitative estimate of drug-likeness (QED) is 0.917. The summed E-state index contributed by atoms with van der Waals surface area (Å²) in [5.41, 5.74) is 2.30. The van der Waals surface area contributed by atoms with Crippen molar-refractivity contribution >= 4 is 10.0 Å². The van der Waals surface area contributed by atoms with Gasteiger partial charge < -0.3 is 0 Å². The molecule has 0 saturated carbocycles. The summed E-state index contributed by atoms with van der Waals surface area (Å²) in [6.45, 7) is 0. The van der Waals surface area contributed by atoms with Crippen LogP contribution < -0.4 is 4.72 Å².